The monoisotopic (exact) mass is 400 g/mol. The maximum absolute atomic E-state index is 12.6. The van der Waals surface area contributed by atoms with Crippen molar-refractivity contribution in [2.45, 2.75) is 16.2 Å². The standard InChI is InChI=1S/C19H16N2O4S2/c20-26(22,23)16-7-9-17(10-8-16)27(24,25)21-15-6-5-14-11-13-3-1-2-4-18(13)19(14)12-15/h1-10,12,21H,11H2,(H2,20,22,23). The Kier molecular flexibility index (Phi) is 4.06. The lowest BCUT2D eigenvalue weighted by Crippen LogP contribution is -2.15. The van der Waals surface area contributed by atoms with Crippen LogP contribution in [0.5, 0.6) is 0 Å². The molecule has 0 fully saturated rings. The minimum absolute atomic E-state index is 0.0456. The van der Waals surface area contributed by atoms with E-state index in [1.54, 1.807) is 6.07 Å². The van der Waals surface area contributed by atoms with E-state index in [4.69, 9.17) is 5.14 Å². The third kappa shape index (κ3) is 3.34. The Morgan fingerprint density at radius 3 is 2.07 bits per heavy atom. The molecule has 1 aliphatic rings. The highest BCUT2D eigenvalue weighted by atomic mass is 32.2. The van der Waals surface area contributed by atoms with Crippen molar-refractivity contribution in [3.8, 4) is 11.1 Å². The molecule has 0 saturated carbocycles. The number of primary sulfonamides is 1. The highest BCUT2D eigenvalue weighted by molar-refractivity contribution is 7.92. The van der Waals surface area contributed by atoms with Crippen molar-refractivity contribution in [1.82, 2.24) is 0 Å². The van der Waals surface area contributed by atoms with E-state index in [-0.39, 0.29) is 9.79 Å². The molecule has 0 bridgehead atoms. The van der Waals surface area contributed by atoms with Crippen LogP contribution in [0.3, 0.4) is 0 Å². The summed E-state index contributed by atoms with van der Waals surface area (Å²) in [5.74, 6) is 0. The summed E-state index contributed by atoms with van der Waals surface area (Å²) in [5, 5.41) is 5.04. The summed E-state index contributed by atoms with van der Waals surface area (Å²) < 4.78 is 50.4. The van der Waals surface area contributed by atoms with Gasteiger partial charge in [0.15, 0.2) is 0 Å². The number of hydrogen-bond donors (Lipinski definition) is 2. The second-order valence-electron chi connectivity index (χ2n) is 6.33. The molecule has 0 aromatic heterocycles. The molecule has 27 heavy (non-hydrogen) atoms. The van der Waals surface area contributed by atoms with Gasteiger partial charge in [0, 0.05) is 5.69 Å². The summed E-state index contributed by atoms with van der Waals surface area (Å²) in [6.45, 7) is 0. The predicted molar refractivity (Wildman–Crippen MR) is 103 cm³/mol. The van der Waals surface area contributed by atoms with Crippen molar-refractivity contribution in [3.05, 3.63) is 77.9 Å². The molecule has 138 valence electrons. The van der Waals surface area contributed by atoms with E-state index in [1.807, 2.05) is 30.3 Å². The van der Waals surface area contributed by atoms with Gasteiger partial charge in [0.1, 0.15) is 0 Å². The van der Waals surface area contributed by atoms with Gasteiger partial charge in [0.25, 0.3) is 10.0 Å². The van der Waals surface area contributed by atoms with E-state index in [2.05, 4.69) is 10.8 Å². The molecular weight excluding hydrogens is 384 g/mol. The molecule has 3 N–H and O–H groups in total. The Hall–Kier alpha value is -2.68. The lowest BCUT2D eigenvalue weighted by Gasteiger charge is -2.10. The van der Waals surface area contributed by atoms with Gasteiger partial charge in [-0.15, -0.1) is 0 Å². The lowest BCUT2D eigenvalue weighted by molar-refractivity contribution is 0.595. The summed E-state index contributed by atoms with van der Waals surface area (Å²) in [6.07, 6.45) is 0.827. The molecule has 1 aliphatic carbocycles. The maximum atomic E-state index is 12.6. The SMILES string of the molecule is NS(=O)(=O)c1ccc(S(=O)(=O)Nc2ccc3c(c2)-c2ccccc2C3)cc1. The van der Waals surface area contributed by atoms with E-state index in [0.717, 1.165) is 23.1 Å². The van der Waals surface area contributed by atoms with Crippen LogP contribution in [0.25, 0.3) is 11.1 Å². The molecule has 0 atom stereocenters. The molecule has 8 heteroatoms. The summed E-state index contributed by atoms with van der Waals surface area (Å²) in [5.41, 5.74) is 4.92. The van der Waals surface area contributed by atoms with Gasteiger partial charge >= 0.3 is 0 Å². The van der Waals surface area contributed by atoms with Crippen LogP contribution >= 0.6 is 0 Å². The quantitative estimate of drug-likeness (QED) is 0.549. The van der Waals surface area contributed by atoms with E-state index in [0.29, 0.717) is 5.69 Å². The molecule has 0 radical (unpaired) electrons. The molecule has 3 aromatic rings. The van der Waals surface area contributed by atoms with Crippen LogP contribution in [0.2, 0.25) is 0 Å². The van der Waals surface area contributed by atoms with Crippen LogP contribution in [0.1, 0.15) is 11.1 Å². The van der Waals surface area contributed by atoms with Crippen molar-refractivity contribution in [2.24, 2.45) is 5.14 Å². The lowest BCUT2D eigenvalue weighted by atomic mass is 10.1. The van der Waals surface area contributed by atoms with Crippen LogP contribution < -0.4 is 9.86 Å². The number of rotatable bonds is 4. The van der Waals surface area contributed by atoms with Gasteiger partial charge in [0.2, 0.25) is 10.0 Å². The zero-order valence-electron chi connectivity index (χ0n) is 14.1. The predicted octanol–water partition coefficient (Wildman–Crippen LogP) is 2.71. The summed E-state index contributed by atoms with van der Waals surface area (Å²) in [6, 6.07) is 18.2. The van der Waals surface area contributed by atoms with Crippen molar-refractivity contribution in [2.75, 3.05) is 4.72 Å². The Balaban J connectivity index is 1.65. The van der Waals surface area contributed by atoms with Gasteiger partial charge in [0.05, 0.1) is 9.79 Å². The highest BCUT2D eigenvalue weighted by Gasteiger charge is 2.20. The number of hydrogen-bond acceptors (Lipinski definition) is 4. The van der Waals surface area contributed by atoms with Crippen molar-refractivity contribution < 1.29 is 16.8 Å². The van der Waals surface area contributed by atoms with Gasteiger partial charge in [-0.3, -0.25) is 4.72 Å². The van der Waals surface area contributed by atoms with Gasteiger partial charge in [-0.2, -0.15) is 0 Å². The summed E-state index contributed by atoms with van der Waals surface area (Å²) in [4.78, 5) is -0.189. The second kappa shape index (κ2) is 6.19. The average Bonchev–Trinajstić information content (AvgIpc) is 2.99. The molecule has 0 heterocycles. The molecule has 3 aromatic carbocycles. The highest BCUT2D eigenvalue weighted by Crippen LogP contribution is 2.38. The third-order valence-electron chi connectivity index (χ3n) is 4.51. The largest absolute Gasteiger partial charge is 0.280 e. The average molecular weight is 400 g/mol. The number of benzene rings is 3. The fraction of sp³-hybridized carbons (Fsp3) is 0.0526. The minimum atomic E-state index is -3.87. The van der Waals surface area contributed by atoms with E-state index in [9.17, 15) is 16.8 Å². The van der Waals surface area contributed by atoms with Crippen molar-refractivity contribution in [3.63, 3.8) is 0 Å². The second-order valence-corrected chi connectivity index (χ2v) is 9.57. The first-order chi connectivity index (χ1) is 12.7. The van der Waals surface area contributed by atoms with Crippen LogP contribution in [0, 0.1) is 0 Å². The number of nitrogens with two attached hydrogens (primary N) is 1. The van der Waals surface area contributed by atoms with E-state index >= 15 is 0 Å². The number of sulfonamides is 2. The molecule has 0 aliphatic heterocycles. The van der Waals surface area contributed by atoms with Gasteiger partial charge < -0.3 is 0 Å². The summed E-state index contributed by atoms with van der Waals surface area (Å²) >= 11 is 0. The first-order valence-electron chi connectivity index (χ1n) is 8.11. The molecule has 0 amide bonds. The Labute approximate surface area is 157 Å². The smallest absolute Gasteiger partial charge is 0.261 e. The van der Waals surface area contributed by atoms with Crippen molar-refractivity contribution >= 4 is 25.7 Å². The zero-order chi connectivity index (χ0) is 19.2. The van der Waals surface area contributed by atoms with Crippen LogP contribution in [-0.4, -0.2) is 16.8 Å². The van der Waals surface area contributed by atoms with Crippen molar-refractivity contribution in [1.29, 1.82) is 0 Å². The van der Waals surface area contributed by atoms with Crippen LogP contribution in [-0.2, 0) is 26.5 Å². The first-order valence-corrected chi connectivity index (χ1v) is 11.1. The molecule has 4 rings (SSSR count). The Bertz CT molecular complexity index is 1250. The molecule has 0 unspecified atom stereocenters. The topological polar surface area (TPSA) is 106 Å². The fourth-order valence-corrected chi connectivity index (χ4v) is 4.77. The maximum Gasteiger partial charge on any atom is 0.261 e. The van der Waals surface area contributed by atoms with Crippen LogP contribution in [0.15, 0.2) is 76.5 Å². The third-order valence-corrected chi connectivity index (χ3v) is 6.84. The fourth-order valence-electron chi connectivity index (χ4n) is 3.21. The van der Waals surface area contributed by atoms with Gasteiger partial charge in [-0.05, 0) is 65.1 Å². The van der Waals surface area contributed by atoms with Gasteiger partial charge in [-0.25, -0.2) is 22.0 Å². The van der Waals surface area contributed by atoms with E-state index in [1.165, 1.54) is 29.8 Å². The normalized spacial score (nSPS) is 13.1. The minimum Gasteiger partial charge on any atom is -0.280 e. The molecule has 6 nitrogen and oxygen atoms in total. The van der Waals surface area contributed by atoms with Gasteiger partial charge in [-0.1, -0.05) is 30.3 Å². The first kappa shape index (κ1) is 17.7. The van der Waals surface area contributed by atoms with Crippen LogP contribution in [0.4, 0.5) is 5.69 Å². The molecular formula is C19H16N2O4S2. The molecule has 0 saturated heterocycles. The zero-order valence-corrected chi connectivity index (χ0v) is 15.7. The molecule has 0 spiro atoms. The number of nitrogens with one attached hydrogen (secondary N) is 1. The Morgan fingerprint density at radius 2 is 1.37 bits per heavy atom. The number of anilines is 1. The number of fused-ring (bicyclic) bond motifs is 3. The Morgan fingerprint density at radius 1 is 0.741 bits per heavy atom. The van der Waals surface area contributed by atoms with E-state index < -0.39 is 20.0 Å². The summed E-state index contributed by atoms with van der Waals surface area (Å²) in [7, 11) is -7.73.